The van der Waals surface area contributed by atoms with Crippen molar-refractivity contribution in [1.82, 2.24) is 14.8 Å². The molecule has 3 rings (SSSR count). The Balaban J connectivity index is 1.81. The van der Waals surface area contributed by atoms with Crippen LogP contribution in [0.4, 0.5) is 8.78 Å². The first-order valence-electron chi connectivity index (χ1n) is 7.36. The number of nitrogens with zero attached hydrogens (tertiary/aromatic N) is 3. The molecule has 1 aromatic heterocycles. The van der Waals surface area contributed by atoms with E-state index in [9.17, 15) is 8.78 Å². The van der Waals surface area contributed by atoms with Gasteiger partial charge in [-0.05, 0) is 23.8 Å². The van der Waals surface area contributed by atoms with Gasteiger partial charge in [0.25, 0.3) is 0 Å². The quantitative estimate of drug-likeness (QED) is 0.612. The van der Waals surface area contributed by atoms with Crippen LogP contribution in [0, 0.1) is 11.6 Å². The smallest absolute Gasteiger partial charge is 0.137 e. The molecule has 1 heterocycles. The fourth-order valence-corrected chi connectivity index (χ4v) is 2.65. The van der Waals surface area contributed by atoms with Crippen molar-refractivity contribution in [3.8, 4) is 0 Å². The SMILES string of the molecule is Fc1ccc(C(Cn2cncn2)OCc2ccc(Cl)c(Cl)c2)c(F)c1. The van der Waals surface area contributed by atoms with Gasteiger partial charge in [0.1, 0.15) is 30.4 Å². The second-order valence-electron chi connectivity index (χ2n) is 5.33. The van der Waals surface area contributed by atoms with E-state index in [-0.39, 0.29) is 18.7 Å². The van der Waals surface area contributed by atoms with Crippen LogP contribution in [-0.4, -0.2) is 14.8 Å². The normalized spacial score (nSPS) is 12.3. The molecule has 0 amide bonds. The van der Waals surface area contributed by atoms with Gasteiger partial charge in [-0.3, -0.25) is 4.68 Å². The average Bonchev–Trinajstić information content (AvgIpc) is 3.08. The summed E-state index contributed by atoms with van der Waals surface area (Å²) in [6, 6.07) is 8.48. The maximum Gasteiger partial charge on any atom is 0.137 e. The van der Waals surface area contributed by atoms with E-state index in [1.54, 1.807) is 18.2 Å². The van der Waals surface area contributed by atoms with E-state index in [1.165, 1.54) is 29.5 Å². The molecule has 2 aromatic carbocycles. The van der Waals surface area contributed by atoms with Crippen molar-refractivity contribution >= 4 is 23.2 Å². The molecule has 1 unspecified atom stereocenters. The molecule has 8 heteroatoms. The maximum absolute atomic E-state index is 14.2. The monoisotopic (exact) mass is 383 g/mol. The molecule has 0 radical (unpaired) electrons. The third-order valence-electron chi connectivity index (χ3n) is 3.56. The lowest BCUT2D eigenvalue weighted by molar-refractivity contribution is 0.0233. The Kier molecular flexibility index (Phi) is 5.63. The van der Waals surface area contributed by atoms with Crippen molar-refractivity contribution in [3.63, 3.8) is 0 Å². The first kappa shape index (κ1) is 17.8. The Labute approximate surface area is 153 Å². The van der Waals surface area contributed by atoms with Gasteiger partial charge < -0.3 is 4.74 Å². The van der Waals surface area contributed by atoms with Gasteiger partial charge in [0.15, 0.2) is 0 Å². The third-order valence-corrected chi connectivity index (χ3v) is 4.30. The van der Waals surface area contributed by atoms with Crippen molar-refractivity contribution < 1.29 is 13.5 Å². The van der Waals surface area contributed by atoms with Gasteiger partial charge in [-0.25, -0.2) is 13.8 Å². The predicted octanol–water partition coefficient (Wildman–Crippen LogP) is 4.82. The van der Waals surface area contributed by atoms with Crippen molar-refractivity contribution in [2.45, 2.75) is 19.3 Å². The molecular weight excluding hydrogens is 371 g/mol. The Hall–Kier alpha value is -2.02. The minimum atomic E-state index is -0.684. The summed E-state index contributed by atoms with van der Waals surface area (Å²) in [5.74, 6) is -1.33. The van der Waals surface area contributed by atoms with Gasteiger partial charge in [0.05, 0.1) is 23.2 Å². The van der Waals surface area contributed by atoms with Crippen molar-refractivity contribution in [1.29, 1.82) is 0 Å². The molecule has 3 aromatic rings. The zero-order chi connectivity index (χ0) is 17.8. The largest absolute Gasteiger partial charge is 0.367 e. The van der Waals surface area contributed by atoms with E-state index in [0.29, 0.717) is 10.0 Å². The molecule has 0 N–H and O–H groups in total. The summed E-state index contributed by atoms with van der Waals surface area (Å²) in [5.41, 5.74) is 1.01. The highest BCUT2D eigenvalue weighted by Crippen LogP contribution is 2.27. The lowest BCUT2D eigenvalue weighted by Gasteiger charge is -2.19. The van der Waals surface area contributed by atoms with Crippen LogP contribution in [0.15, 0.2) is 49.1 Å². The predicted molar refractivity (Wildman–Crippen MR) is 90.4 cm³/mol. The molecule has 25 heavy (non-hydrogen) atoms. The van der Waals surface area contributed by atoms with Crippen LogP contribution in [0.2, 0.25) is 10.0 Å². The number of aromatic nitrogens is 3. The van der Waals surface area contributed by atoms with E-state index in [4.69, 9.17) is 27.9 Å². The van der Waals surface area contributed by atoms with E-state index >= 15 is 0 Å². The Morgan fingerprint density at radius 2 is 1.92 bits per heavy atom. The summed E-state index contributed by atoms with van der Waals surface area (Å²) < 4.78 is 34.7. The number of halogens is 4. The fourth-order valence-electron chi connectivity index (χ4n) is 2.33. The Bertz CT molecular complexity index is 859. The van der Waals surface area contributed by atoms with Gasteiger partial charge in [0.2, 0.25) is 0 Å². The van der Waals surface area contributed by atoms with Gasteiger partial charge in [-0.2, -0.15) is 5.10 Å². The second kappa shape index (κ2) is 7.91. The summed E-state index contributed by atoms with van der Waals surface area (Å²) in [5, 5.41) is 4.85. The molecule has 0 aliphatic heterocycles. The van der Waals surface area contributed by atoms with E-state index in [2.05, 4.69) is 10.1 Å². The summed E-state index contributed by atoms with van der Waals surface area (Å²) in [6.07, 6.45) is 2.19. The first-order chi connectivity index (χ1) is 12.0. The van der Waals surface area contributed by atoms with Crippen LogP contribution in [0.3, 0.4) is 0 Å². The van der Waals surface area contributed by atoms with Gasteiger partial charge in [0, 0.05) is 11.6 Å². The summed E-state index contributed by atoms with van der Waals surface area (Å²) in [6.45, 7) is 0.400. The molecule has 0 aliphatic rings. The zero-order valence-corrected chi connectivity index (χ0v) is 14.4. The molecule has 0 saturated heterocycles. The Morgan fingerprint density at radius 3 is 2.60 bits per heavy atom. The highest BCUT2D eigenvalue weighted by Gasteiger charge is 2.19. The molecule has 0 fully saturated rings. The highest BCUT2D eigenvalue weighted by molar-refractivity contribution is 6.42. The number of rotatable bonds is 6. The highest BCUT2D eigenvalue weighted by atomic mass is 35.5. The second-order valence-corrected chi connectivity index (χ2v) is 6.15. The standard InChI is InChI=1S/C17H13Cl2F2N3O/c18-14-4-1-11(5-15(14)19)8-25-17(7-24-10-22-9-23-24)13-3-2-12(20)6-16(13)21/h1-6,9-10,17H,7-8H2. The molecule has 4 nitrogen and oxygen atoms in total. The molecular formula is C17H13Cl2F2N3O. The average molecular weight is 384 g/mol. The van der Waals surface area contributed by atoms with Gasteiger partial charge >= 0.3 is 0 Å². The van der Waals surface area contributed by atoms with Crippen LogP contribution < -0.4 is 0 Å². The van der Waals surface area contributed by atoms with Crippen molar-refractivity contribution in [2.75, 3.05) is 0 Å². The molecule has 1 atom stereocenters. The topological polar surface area (TPSA) is 39.9 Å². The van der Waals surface area contributed by atoms with Crippen LogP contribution in [0.5, 0.6) is 0 Å². The molecule has 0 saturated carbocycles. The van der Waals surface area contributed by atoms with Crippen LogP contribution in [-0.2, 0) is 17.9 Å². The number of hydrogen-bond acceptors (Lipinski definition) is 3. The molecule has 0 spiro atoms. The lowest BCUT2D eigenvalue weighted by atomic mass is 10.1. The number of ether oxygens (including phenoxy) is 1. The summed E-state index contributed by atoms with van der Waals surface area (Å²) in [7, 11) is 0. The van der Waals surface area contributed by atoms with Crippen molar-refractivity contribution in [3.05, 3.63) is 81.9 Å². The minimum absolute atomic E-state index is 0.174. The van der Waals surface area contributed by atoms with Crippen molar-refractivity contribution in [2.24, 2.45) is 0 Å². The van der Waals surface area contributed by atoms with Crippen LogP contribution >= 0.6 is 23.2 Å². The molecule has 130 valence electrons. The first-order valence-corrected chi connectivity index (χ1v) is 8.11. The van der Waals surface area contributed by atoms with Gasteiger partial charge in [-0.15, -0.1) is 0 Å². The van der Waals surface area contributed by atoms with E-state index in [1.807, 2.05) is 0 Å². The molecule has 0 aliphatic carbocycles. The number of benzene rings is 2. The maximum atomic E-state index is 14.2. The van der Waals surface area contributed by atoms with Gasteiger partial charge in [-0.1, -0.05) is 35.3 Å². The zero-order valence-electron chi connectivity index (χ0n) is 12.9. The minimum Gasteiger partial charge on any atom is -0.367 e. The lowest BCUT2D eigenvalue weighted by Crippen LogP contribution is -2.15. The third kappa shape index (κ3) is 4.54. The molecule has 0 bridgehead atoms. The van der Waals surface area contributed by atoms with E-state index < -0.39 is 17.7 Å². The van der Waals surface area contributed by atoms with Crippen LogP contribution in [0.1, 0.15) is 17.2 Å². The Morgan fingerprint density at radius 1 is 1.08 bits per heavy atom. The fraction of sp³-hybridized carbons (Fsp3) is 0.176. The summed E-state index contributed by atoms with van der Waals surface area (Å²) >= 11 is 11.9. The summed E-state index contributed by atoms with van der Waals surface area (Å²) in [4.78, 5) is 3.86. The van der Waals surface area contributed by atoms with E-state index in [0.717, 1.165) is 11.6 Å². The number of hydrogen-bond donors (Lipinski definition) is 0. The van der Waals surface area contributed by atoms with Crippen LogP contribution in [0.25, 0.3) is 0 Å².